The van der Waals surface area contributed by atoms with Crippen molar-refractivity contribution in [3.63, 3.8) is 0 Å². The number of amides is 1. The first-order chi connectivity index (χ1) is 12.0. The minimum absolute atomic E-state index is 0.0446. The van der Waals surface area contributed by atoms with Crippen LogP contribution >= 0.6 is 0 Å². The Bertz CT molecular complexity index is 876. The number of nitrogens with one attached hydrogen (secondary N) is 1. The molecule has 0 fully saturated rings. The summed E-state index contributed by atoms with van der Waals surface area (Å²) in [5, 5.41) is 11.7. The Labute approximate surface area is 147 Å². The molecule has 2 aromatic heterocycles. The molecule has 0 aliphatic carbocycles. The molecular formula is C19H23N5O. The van der Waals surface area contributed by atoms with Crippen LogP contribution in [0.4, 0.5) is 0 Å². The zero-order chi connectivity index (χ0) is 18.0. The number of aryl methyl sites for hydroxylation is 3. The van der Waals surface area contributed by atoms with Crippen LogP contribution in [0.15, 0.2) is 42.7 Å². The highest BCUT2D eigenvalue weighted by atomic mass is 16.1. The summed E-state index contributed by atoms with van der Waals surface area (Å²) in [4.78, 5) is 12.6. The molecule has 1 N–H and O–H groups in total. The Morgan fingerprint density at radius 3 is 2.48 bits per heavy atom. The maximum atomic E-state index is 12.6. The van der Waals surface area contributed by atoms with E-state index in [1.807, 2.05) is 69.0 Å². The predicted octanol–water partition coefficient (Wildman–Crippen LogP) is 3.10. The number of carbonyl (C=O) groups is 1. The van der Waals surface area contributed by atoms with E-state index in [-0.39, 0.29) is 11.9 Å². The first-order valence-electron chi connectivity index (χ1n) is 8.41. The summed E-state index contributed by atoms with van der Waals surface area (Å²) in [7, 11) is 1.87. The molecule has 1 atom stereocenters. The average molecular weight is 337 g/mol. The van der Waals surface area contributed by atoms with Crippen molar-refractivity contribution in [3.05, 3.63) is 65.2 Å². The van der Waals surface area contributed by atoms with Gasteiger partial charge in [-0.1, -0.05) is 6.92 Å². The normalized spacial score (nSPS) is 12.2. The maximum absolute atomic E-state index is 12.6. The van der Waals surface area contributed by atoms with E-state index in [1.54, 1.807) is 10.9 Å². The van der Waals surface area contributed by atoms with Gasteiger partial charge in [-0.15, -0.1) is 0 Å². The predicted molar refractivity (Wildman–Crippen MR) is 96.7 cm³/mol. The number of aromatic nitrogens is 4. The molecule has 1 amide bonds. The summed E-state index contributed by atoms with van der Waals surface area (Å²) in [6.45, 7) is 6.03. The lowest BCUT2D eigenvalue weighted by molar-refractivity contribution is 0.0935. The van der Waals surface area contributed by atoms with Gasteiger partial charge < -0.3 is 5.32 Å². The molecular weight excluding hydrogens is 314 g/mol. The molecule has 0 saturated carbocycles. The molecule has 0 aliphatic heterocycles. The largest absolute Gasteiger partial charge is 0.345 e. The van der Waals surface area contributed by atoms with Crippen molar-refractivity contribution in [1.82, 2.24) is 24.9 Å². The van der Waals surface area contributed by atoms with Crippen LogP contribution in [0.3, 0.4) is 0 Å². The fourth-order valence-electron chi connectivity index (χ4n) is 2.93. The summed E-state index contributed by atoms with van der Waals surface area (Å²) in [5.41, 5.74) is 4.63. The number of rotatable bonds is 5. The van der Waals surface area contributed by atoms with Gasteiger partial charge in [0, 0.05) is 30.1 Å². The van der Waals surface area contributed by atoms with Crippen molar-refractivity contribution < 1.29 is 4.79 Å². The van der Waals surface area contributed by atoms with Crippen molar-refractivity contribution in [1.29, 1.82) is 0 Å². The molecule has 0 aliphatic rings. The van der Waals surface area contributed by atoms with Gasteiger partial charge in [-0.3, -0.25) is 9.48 Å². The zero-order valence-corrected chi connectivity index (χ0v) is 15.0. The van der Waals surface area contributed by atoms with Crippen LogP contribution in [0, 0.1) is 13.8 Å². The summed E-state index contributed by atoms with van der Waals surface area (Å²) in [6.07, 6.45) is 4.53. The summed E-state index contributed by atoms with van der Waals surface area (Å²) < 4.78 is 3.62. The number of carbonyl (C=O) groups excluding carboxylic acids is 1. The third-order valence-corrected chi connectivity index (χ3v) is 4.22. The second-order valence-corrected chi connectivity index (χ2v) is 6.27. The smallest absolute Gasteiger partial charge is 0.251 e. The molecule has 2 heterocycles. The van der Waals surface area contributed by atoms with Crippen molar-refractivity contribution in [2.45, 2.75) is 33.2 Å². The van der Waals surface area contributed by atoms with E-state index in [4.69, 9.17) is 0 Å². The summed E-state index contributed by atoms with van der Waals surface area (Å²) in [5.74, 6) is -0.0874. The molecule has 0 spiro atoms. The number of benzene rings is 1. The first-order valence-corrected chi connectivity index (χ1v) is 8.41. The fraction of sp³-hybridized carbons (Fsp3) is 0.316. The minimum Gasteiger partial charge on any atom is -0.345 e. The van der Waals surface area contributed by atoms with E-state index in [2.05, 4.69) is 15.5 Å². The number of hydrogen-bond acceptors (Lipinski definition) is 3. The van der Waals surface area contributed by atoms with Crippen molar-refractivity contribution in [2.75, 3.05) is 0 Å². The van der Waals surface area contributed by atoms with E-state index in [9.17, 15) is 4.79 Å². The van der Waals surface area contributed by atoms with E-state index < -0.39 is 0 Å². The molecule has 6 heteroatoms. The Balaban J connectivity index is 1.75. The van der Waals surface area contributed by atoms with Crippen molar-refractivity contribution in [3.8, 4) is 5.69 Å². The number of hydrogen-bond donors (Lipinski definition) is 1. The highest BCUT2D eigenvalue weighted by Crippen LogP contribution is 2.17. The molecule has 0 bridgehead atoms. The quantitative estimate of drug-likeness (QED) is 0.778. The SMILES string of the molecule is CC[C@@H](NC(=O)c1ccc(-n2nc(C)cc2C)cc1)c1cnn(C)c1. The zero-order valence-electron chi connectivity index (χ0n) is 15.0. The van der Waals surface area contributed by atoms with Crippen molar-refractivity contribution >= 4 is 5.91 Å². The van der Waals surface area contributed by atoms with E-state index >= 15 is 0 Å². The third kappa shape index (κ3) is 3.63. The van der Waals surface area contributed by atoms with Crippen molar-refractivity contribution in [2.24, 2.45) is 7.05 Å². The Morgan fingerprint density at radius 1 is 1.24 bits per heavy atom. The van der Waals surface area contributed by atoms with Gasteiger partial charge in [0.25, 0.3) is 5.91 Å². The summed E-state index contributed by atoms with van der Waals surface area (Å²) >= 11 is 0. The summed E-state index contributed by atoms with van der Waals surface area (Å²) in [6, 6.07) is 9.48. The van der Waals surface area contributed by atoms with Gasteiger partial charge in [0.15, 0.2) is 0 Å². The van der Waals surface area contributed by atoms with Gasteiger partial charge in [-0.2, -0.15) is 10.2 Å². The van der Waals surface area contributed by atoms with E-state index in [1.165, 1.54) is 0 Å². The molecule has 1 aromatic carbocycles. The van der Waals surface area contributed by atoms with Gasteiger partial charge in [0.2, 0.25) is 0 Å². The molecule has 130 valence electrons. The third-order valence-electron chi connectivity index (χ3n) is 4.22. The van der Waals surface area contributed by atoms with Gasteiger partial charge in [-0.25, -0.2) is 4.68 Å². The Hall–Kier alpha value is -2.89. The molecule has 3 aromatic rings. The lowest BCUT2D eigenvalue weighted by Crippen LogP contribution is -2.27. The van der Waals surface area contributed by atoms with Gasteiger partial charge in [0.1, 0.15) is 0 Å². The Morgan fingerprint density at radius 2 is 1.96 bits per heavy atom. The molecule has 25 heavy (non-hydrogen) atoms. The first kappa shape index (κ1) is 17.0. The Kier molecular flexibility index (Phi) is 4.70. The van der Waals surface area contributed by atoms with Gasteiger partial charge in [0.05, 0.1) is 23.6 Å². The van der Waals surface area contributed by atoms with Gasteiger partial charge in [-0.05, 0) is 50.6 Å². The molecule has 0 unspecified atom stereocenters. The average Bonchev–Trinajstić information content (AvgIpc) is 3.17. The van der Waals surface area contributed by atoms with Crippen LogP contribution in [0.1, 0.15) is 46.7 Å². The standard InChI is InChI=1S/C19H23N5O/c1-5-18(16-11-20-23(4)12-16)21-19(25)15-6-8-17(9-7-15)24-14(3)10-13(2)22-24/h6-12,18H,5H2,1-4H3,(H,21,25)/t18-/m1/s1. The maximum Gasteiger partial charge on any atom is 0.251 e. The molecule has 0 saturated heterocycles. The second-order valence-electron chi connectivity index (χ2n) is 6.27. The molecule has 0 radical (unpaired) electrons. The van der Waals surface area contributed by atoms with Crippen LogP contribution in [0.25, 0.3) is 5.69 Å². The van der Waals surface area contributed by atoms with Gasteiger partial charge >= 0.3 is 0 Å². The molecule has 6 nitrogen and oxygen atoms in total. The van der Waals surface area contributed by atoms with Crippen LogP contribution in [0.2, 0.25) is 0 Å². The number of nitrogens with zero attached hydrogens (tertiary/aromatic N) is 4. The van der Waals surface area contributed by atoms with Crippen LogP contribution < -0.4 is 5.32 Å². The highest BCUT2D eigenvalue weighted by Gasteiger charge is 2.15. The topological polar surface area (TPSA) is 64.7 Å². The lowest BCUT2D eigenvalue weighted by atomic mass is 10.1. The van der Waals surface area contributed by atoms with Crippen LogP contribution in [-0.4, -0.2) is 25.5 Å². The lowest BCUT2D eigenvalue weighted by Gasteiger charge is -2.15. The monoisotopic (exact) mass is 337 g/mol. The van der Waals surface area contributed by atoms with E-state index in [0.717, 1.165) is 29.1 Å². The second kappa shape index (κ2) is 6.93. The van der Waals surface area contributed by atoms with Crippen LogP contribution in [-0.2, 0) is 7.05 Å². The highest BCUT2D eigenvalue weighted by molar-refractivity contribution is 5.94. The molecule has 3 rings (SSSR count). The van der Waals surface area contributed by atoms with Crippen LogP contribution in [0.5, 0.6) is 0 Å². The minimum atomic E-state index is -0.0874. The fourth-order valence-corrected chi connectivity index (χ4v) is 2.93. The van der Waals surface area contributed by atoms with E-state index in [0.29, 0.717) is 5.56 Å².